The second-order valence-corrected chi connectivity index (χ2v) is 5.21. The van der Waals surface area contributed by atoms with Gasteiger partial charge in [-0.1, -0.05) is 42.5 Å². The second kappa shape index (κ2) is 4.71. The van der Waals surface area contributed by atoms with Crippen molar-refractivity contribution < 1.29 is 5.11 Å². The zero-order chi connectivity index (χ0) is 12.4. The highest BCUT2D eigenvalue weighted by molar-refractivity contribution is 5.86. The quantitative estimate of drug-likeness (QED) is 0.865. The van der Waals surface area contributed by atoms with E-state index in [1.54, 1.807) is 0 Å². The molecule has 2 N–H and O–H groups in total. The Morgan fingerprint density at radius 2 is 1.94 bits per heavy atom. The average molecular weight is 241 g/mol. The van der Waals surface area contributed by atoms with Crippen LogP contribution in [0.25, 0.3) is 10.8 Å². The lowest BCUT2D eigenvalue weighted by Gasteiger charge is -2.29. The molecule has 2 heteroatoms. The summed E-state index contributed by atoms with van der Waals surface area (Å²) in [5.74, 6) is 0. The molecule has 1 fully saturated rings. The minimum Gasteiger partial charge on any atom is -0.396 e. The van der Waals surface area contributed by atoms with Crippen LogP contribution in [0.4, 0.5) is 0 Å². The van der Waals surface area contributed by atoms with Crippen molar-refractivity contribution in [2.24, 2.45) is 0 Å². The first-order chi connectivity index (χ1) is 8.86. The third-order valence-electron chi connectivity index (χ3n) is 4.20. The van der Waals surface area contributed by atoms with Gasteiger partial charge < -0.3 is 10.4 Å². The number of hydrogen-bond donors (Lipinski definition) is 2. The van der Waals surface area contributed by atoms with E-state index in [0.717, 1.165) is 25.9 Å². The molecule has 1 aliphatic rings. The highest BCUT2D eigenvalue weighted by atomic mass is 16.3. The van der Waals surface area contributed by atoms with Gasteiger partial charge in [0.2, 0.25) is 0 Å². The molecule has 2 aromatic carbocycles. The largest absolute Gasteiger partial charge is 0.396 e. The van der Waals surface area contributed by atoms with Gasteiger partial charge in [-0.25, -0.2) is 0 Å². The van der Waals surface area contributed by atoms with Crippen LogP contribution < -0.4 is 5.32 Å². The Bertz CT molecular complexity index is 538. The number of benzene rings is 2. The number of rotatable bonds is 3. The average Bonchev–Trinajstić information content (AvgIpc) is 2.88. The summed E-state index contributed by atoms with van der Waals surface area (Å²) in [4.78, 5) is 0. The van der Waals surface area contributed by atoms with Gasteiger partial charge in [-0.3, -0.25) is 0 Å². The summed E-state index contributed by atoms with van der Waals surface area (Å²) >= 11 is 0. The molecular weight excluding hydrogens is 222 g/mol. The van der Waals surface area contributed by atoms with Crippen LogP contribution in [0.1, 0.15) is 18.4 Å². The van der Waals surface area contributed by atoms with Crippen molar-refractivity contribution in [2.75, 3.05) is 19.7 Å². The first-order valence-corrected chi connectivity index (χ1v) is 6.66. The summed E-state index contributed by atoms with van der Waals surface area (Å²) in [6.45, 7) is 2.27. The Kier molecular flexibility index (Phi) is 3.06. The Labute approximate surface area is 108 Å². The third-order valence-corrected chi connectivity index (χ3v) is 4.20. The van der Waals surface area contributed by atoms with E-state index in [2.05, 4.69) is 47.8 Å². The maximum absolute atomic E-state index is 9.40. The van der Waals surface area contributed by atoms with E-state index >= 15 is 0 Å². The topological polar surface area (TPSA) is 32.3 Å². The van der Waals surface area contributed by atoms with Gasteiger partial charge in [-0.2, -0.15) is 0 Å². The Morgan fingerprint density at radius 1 is 1.11 bits per heavy atom. The molecule has 0 aromatic heterocycles. The summed E-state index contributed by atoms with van der Waals surface area (Å²) in [5.41, 5.74) is 1.50. The first kappa shape index (κ1) is 11.7. The van der Waals surface area contributed by atoms with Gasteiger partial charge in [0, 0.05) is 18.6 Å². The summed E-state index contributed by atoms with van der Waals surface area (Å²) in [7, 11) is 0. The zero-order valence-corrected chi connectivity index (χ0v) is 10.5. The maximum Gasteiger partial charge on any atom is 0.0440 e. The van der Waals surface area contributed by atoms with E-state index in [-0.39, 0.29) is 12.0 Å². The molecule has 0 bridgehead atoms. The fraction of sp³-hybridized carbons (Fsp3) is 0.375. The summed E-state index contributed by atoms with van der Waals surface area (Å²) in [6, 6.07) is 15.1. The molecule has 2 aromatic rings. The molecule has 0 spiro atoms. The number of hydrogen-bond acceptors (Lipinski definition) is 2. The van der Waals surface area contributed by atoms with E-state index in [1.165, 1.54) is 16.3 Å². The second-order valence-electron chi connectivity index (χ2n) is 5.21. The van der Waals surface area contributed by atoms with Crippen LogP contribution in [0.5, 0.6) is 0 Å². The maximum atomic E-state index is 9.40. The fourth-order valence-electron chi connectivity index (χ4n) is 3.22. The molecule has 3 rings (SSSR count). The molecular formula is C16H19NO. The standard InChI is InChI=1S/C16H19NO/c18-11-9-16(8-10-17-12-16)15-7-3-5-13-4-1-2-6-14(13)15/h1-7,17-18H,8-12H2. The molecule has 2 nitrogen and oxygen atoms in total. The van der Waals surface area contributed by atoms with Gasteiger partial charge in [-0.05, 0) is 35.7 Å². The molecule has 1 atom stereocenters. The van der Waals surface area contributed by atoms with Gasteiger partial charge in [0.1, 0.15) is 0 Å². The smallest absolute Gasteiger partial charge is 0.0440 e. The van der Waals surface area contributed by atoms with Gasteiger partial charge in [-0.15, -0.1) is 0 Å². The molecule has 18 heavy (non-hydrogen) atoms. The van der Waals surface area contributed by atoms with Gasteiger partial charge >= 0.3 is 0 Å². The van der Waals surface area contributed by atoms with Crippen LogP contribution in [-0.2, 0) is 5.41 Å². The Balaban J connectivity index is 2.17. The van der Waals surface area contributed by atoms with Crippen molar-refractivity contribution >= 4 is 10.8 Å². The van der Waals surface area contributed by atoms with Crippen molar-refractivity contribution in [2.45, 2.75) is 18.3 Å². The number of aliphatic hydroxyl groups is 1. The molecule has 0 radical (unpaired) electrons. The van der Waals surface area contributed by atoms with Gasteiger partial charge in [0.15, 0.2) is 0 Å². The monoisotopic (exact) mass is 241 g/mol. The number of aliphatic hydroxyl groups excluding tert-OH is 1. The lowest BCUT2D eigenvalue weighted by molar-refractivity contribution is 0.244. The van der Waals surface area contributed by atoms with E-state index < -0.39 is 0 Å². The molecule has 0 saturated carbocycles. The Morgan fingerprint density at radius 3 is 2.72 bits per heavy atom. The van der Waals surface area contributed by atoms with E-state index in [0.29, 0.717) is 0 Å². The fourth-order valence-corrected chi connectivity index (χ4v) is 3.22. The molecule has 1 aliphatic heterocycles. The normalized spacial score (nSPS) is 23.6. The highest BCUT2D eigenvalue weighted by Gasteiger charge is 2.35. The van der Waals surface area contributed by atoms with Crippen molar-refractivity contribution in [3.05, 3.63) is 48.0 Å². The molecule has 1 unspecified atom stereocenters. The van der Waals surface area contributed by atoms with E-state index in [1.807, 2.05) is 0 Å². The predicted octanol–water partition coefficient (Wildman–Crippen LogP) is 2.45. The summed E-state index contributed by atoms with van der Waals surface area (Å²) in [6.07, 6.45) is 1.95. The van der Waals surface area contributed by atoms with Crippen molar-refractivity contribution in [1.29, 1.82) is 0 Å². The third kappa shape index (κ3) is 1.82. The summed E-state index contributed by atoms with van der Waals surface area (Å²) < 4.78 is 0. The molecule has 1 heterocycles. The van der Waals surface area contributed by atoms with Crippen LogP contribution in [0.15, 0.2) is 42.5 Å². The zero-order valence-electron chi connectivity index (χ0n) is 10.5. The van der Waals surface area contributed by atoms with Crippen LogP contribution in [-0.4, -0.2) is 24.8 Å². The molecule has 0 amide bonds. The first-order valence-electron chi connectivity index (χ1n) is 6.66. The van der Waals surface area contributed by atoms with E-state index in [9.17, 15) is 5.11 Å². The number of fused-ring (bicyclic) bond motifs is 1. The van der Waals surface area contributed by atoms with Crippen LogP contribution >= 0.6 is 0 Å². The number of nitrogens with one attached hydrogen (secondary N) is 1. The van der Waals surface area contributed by atoms with E-state index in [4.69, 9.17) is 0 Å². The molecule has 1 saturated heterocycles. The van der Waals surface area contributed by atoms with Crippen molar-refractivity contribution in [3.8, 4) is 0 Å². The molecule has 0 aliphatic carbocycles. The summed E-state index contributed by atoms with van der Waals surface area (Å²) in [5, 5.41) is 15.5. The lowest BCUT2D eigenvalue weighted by atomic mass is 9.75. The van der Waals surface area contributed by atoms with Crippen LogP contribution in [0, 0.1) is 0 Å². The minimum absolute atomic E-state index is 0.107. The van der Waals surface area contributed by atoms with Gasteiger partial charge in [0.05, 0.1) is 0 Å². The lowest BCUT2D eigenvalue weighted by Crippen LogP contribution is -2.30. The van der Waals surface area contributed by atoms with Crippen molar-refractivity contribution in [1.82, 2.24) is 5.32 Å². The van der Waals surface area contributed by atoms with Crippen LogP contribution in [0.3, 0.4) is 0 Å². The SMILES string of the molecule is OCCC1(c2cccc3ccccc23)CCNC1. The van der Waals surface area contributed by atoms with Crippen molar-refractivity contribution in [3.63, 3.8) is 0 Å². The van der Waals surface area contributed by atoms with Crippen LogP contribution in [0.2, 0.25) is 0 Å². The Hall–Kier alpha value is -1.38. The van der Waals surface area contributed by atoms with Gasteiger partial charge in [0.25, 0.3) is 0 Å². The predicted molar refractivity (Wildman–Crippen MR) is 74.8 cm³/mol. The highest BCUT2D eigenvalue weighted by Crippen LogP contribution is 2.37. The molecule has 94 valence electrons. The minimum atomic E-state index is 0.107.